The minimum Gasteiger partial charge on any atom is -0.465 e. The van der Waals surface area contributed by atoms with Gasteiger partial charge < -0.3 is 24.6 Å². The number of nitrogens with one attached hydrogen (secondary N) is 1. The van der Waals surface area contributed by atoms with E-state index in [0.717, 1.165) is 72.7 Å². The number of amides is 1. The standard InChI is InChI=1S/C27H45BrN6O3Si/c1-27(2,3)22-16-32(11-12-34(22)26(35)36)20-9-7-19(8-10-20)31-24-23-21(28)15-33(25(23)30-17-29-24)18-37-13-14-38(4,5)6/h15,17,19-20,22H,7-14,16,18H2,1-6H3,(H,35,36)(H,29,30,31). The summed E-state index contributed by atoms with van der Waals surface area (Å²) in [6, 6.07) is 2.01. The molecule has 2 aliphatic rings. The van der Waals surface area contributed by atoms with Crippen molar-refractivity contribution >= 4 is 46.9 Å². The molecule has 38 heavy (non-hydrogen) atoms. The largest absolute Gasteiger partial charge is 0.465 e. The highest BCUT2D eigenvalue weighted by molar-refractivity contribution is 9.10. The van der Waals surface area contributed by atoms with Gasteiger partial charge in [-0.2, -0.15) is 0 Å². The van der Waals surface area contributed by atoms with Crippen LogP contribution < -0.4 is 5.32 Å². The monoisotopic (exact) mass is 608 g/mol. The van der Waals surface area contributed by atoms with Gasteiger partial charge in [0.05, 0.1) is 11.4 Å². The molecule has 0 spiro atoms. The maximum atomic E-state index is 11.8. The van der Waals surface area contributed by atoms with Gasteiger partial charge in [-0.15, -0.1) is 0 Å². The van der Waals surface area contributed by atoms with Crippen LogP contribution >= 0.6 is 15.9 Å². The average molecular weight is 610 g/mol. The van der Waals surface area contributed by atoms with Gasteiger partial charge in [-0.3, -0.25) is 4.90 Å². The van der Waals surface area contributed by atoms with Crippen molar-refractivity contribution in [2.45, 2.75) is 97.0 Å². The Bertz CT molecular complexity index is 1110. The molecule has 1 saturated heterocycles. The Morgan fingerprint density at radius 3 is 2.53 bits per heavy atom. The third-order valence-corrected chi connectivity index (χ3v) is 10.4. The van der Waals surface area contributed by atoms with Crippen LogP contribution in [-0.2, 0) is 11.5 Å². The molecule has 1 saturated carbocycles. The van der Waals surface area contributed by atoms with E-state index >= 15 is 0 Å². The summed E-state index contributed by atoms with van der Waals surface area (Å²) in [4.78, 5) is 25.2. The molecular formula is C27H45BrN6O3Si. The number of hydrogen-bond acceptors (Lipinski definition) is 6. The van der Waals surface area contributed by atoms with Gasteiger partial charge in [-0.05, 0) is 53.1 Å². The van der Waals surface area contributed by atoms with Crippen LogP contribution in [0.3, 0.4) is 0 Å². The first kappa shape index (κ1) is 29.3. The fourth-order valence-corrected chi connectivity index (χ4v) is 7.08. The van der Waals surface area contributed by atoms with Gasteiger partial charge in [0.2, 0.25) is 0 Å². The number of piperazine rings is 1. The van der Waals surface area contributed by atoms with Gasteiger partial charge in [0.1, 0.15) is 24.5 Å². The van der Waals surface area contributed by atoms with Crippen molar-refractivity contribution in [1.29, 1.82) is 0 Å². The van der Waals surface area contributed by atoms with E-state index in [1.165, 1.54) is 0 Å². The van der Waals surface area contributed by atoms with Crippen molar-refractivity contribution in [2.75, 3.05) is 31.6 Å². The Morgan fingerprint density at radius 1 is 1.18 bits per heavy atom. The molecule has 0 aromatic carbocycles. The molecule has 212 valence electrons. The number of ether oxygens (including phenoxy) is 1. The quantitative estimate of drug-likeness (QED) is 0.283. The van der Waals surface area contributed by atoms with Crippen LogP contribution in [0.5, 0.6) is 0 Å². The van der Waals surface area contributed by atoms with Crippen LogP contribution in [-0.4, -0.2) is 88.0 Å². The van der Waals surface area contributed by atoms with Crippen molar-refractivity contribution in [3.05, 3.63) is 17.0 Å². The smallest absolute Gasteiger partial charge is 0.407 e. The molecule has 1 aliphatic carbocycles. The molecule has 11 heteroatoms. The molecule has 9 nitrogen and oxygen atoms in total. The van der Waals surface area contributed by atoms with Gasteiger partial charge in [-0.1, -0.05) is 40.4 Å². The minimum absolute atomic E-state index is 0.0137. The number of aromatic nitrogens is 3. The van der Waals surface area contributed by atoms with E-state index in [0.29, 0.717) is 25.4 Å². The van der Waals surface area contributed by atoms with Crippen LogP contribution in [0.4, 0.5) is 10.6 Å². The number of hydrogen-bond donors (Lipinski definition) is 2. The molecule has 2 aromatic heterocycles. The molecule has 1 unspecified atom stereocenters. The zero-order chi connectivity index (χ0) is 27.7. The molecule has 2 aromatic rings. The fourth-order valence-electron chi connectivity index (χ4n) is 5.71. The number of carbonyl (C=O) groups is 1. The number of anilines is 1. The second kappa shape index (κ2) is 11.8. The van der Waals surface area contributed by atoms with E-state index in [2.05, 4.69) is 81.1 Å². The Kier molecular flexibility index (Phi) is 9.11. The van der Waals surface area contributed by atoms with Gasteiger partial charge in [0.15, 0.2) is 0 Å². The number of halogens is 1. The average Bonchev–Trinajstić information content (AvgIpc) is 3.17. The predicted octanol–water partition coefficient (Wildman–Crippen LogP) is 5.94. The van der Waals surface area contributed by atoms with Crippen molar-refractivity contribution in [2.24, 2.45) is 5.41 Å². The van der Waals surface area contributed by atoms with Crippen LogP contribution in [0.1, 0.15) is 46.5 Å². The van der Waals surface area contributed by atoms with Gasteiger partial charge >= 0.3 is 6.09 Å². The third kappa shape index (κ3) is 7.08. The summed E-state index contributed by atoms with van der Waals surface area (Å²) >= 11 is 3.73. The highest BCUT2D eigenvalue weighted by atomic mass is 79.9. The van der Waals surface area contributed by atoms with E-state index < -0.39 is 14.2 Å². The molecule has 1 amide bonds. The van der Waals surface area contributed by atoms with Crippen LogP contribution in [0, 0.1) is 5.41 Å². The maximum Gasteiger partial charge on any atom is 0.407 e. The summed E-state index contributed by atoms with van der Waals surface area (Å²) in [5, 5.41) is 14.4. The Labute approximate surface area is 236 Å². The number of fused-ring (bicyclic) bond motifs is 1. The zero-order valence-corrected chi connectivity index (χ0v) is 26.4. The predicted molar refractivity (Wildman–Crippen MR) is 159 cm³/mol. The fraction of sp³-hybridized carbons (Fsp3) is 0.741. The molecule has 3 heterocycles. The second-order valence-corrected chi connectivity index (χ2v) is 19.7. The molecular weight excluding hydrogens is 564 g/mol. The molecule has 2 fully saturated rings. The van der Waals surface area contributed by atoms with Crippen molar-refractivity contribution in [3.8, 4) is 0 Å². The summed E-state index contributed by atoms with van der Waals surface area (Å²) in [5.41, 5.74) is 0.790. The SMILES string of the molecule is CC(C)(C)C1CN(C2CCC(Nc3ncnc4c3c(Br)cn4COCC[Si](C)(C)C)CC2)CCN1C(=O)O. The van der Waals surface area contributed by atoms with E-state index in [-0.39, 0.29) is 11.5 Å². The minimum atomic E-state index is -1.12. The molecule has 4 rings (SSSR count). The van der Waals surface area contributed by atoms with Gasteiger partial charge in [0.25, 0.3) is 0 Å². The first-order valence-electron chi connectivity index (χ1n) is 13.9. The Morgan fingerprint density at radius 2 is 1.89 bits per heavy atom. The van der Waals surface area contributed by atoms with Crippen molar-refractivity contribution in [3.63, 3.8) is 0 Å². The normalized spacial score (nSPS) is 23.7. The van der Waals surface area contributed by atoms with Crippen LogP contribution in [0.25, 0.3) is 11.0 Å². The molecule has 2 N–H and O–H groups in total. The first-order valence-corrected chi connectivity index (χ1v) is 18.4. The molecule has 1 atom stereocenters. The highest BCUT2D eigenvalue weighted by Crippen LogP contribution is 2.34. The summed E-state index contributed by atoms with van der Waals surface area (Å²) in [6.45, 7) is 17.0. The highest BCUT2D eigenvalue weighted by Gasteiger charge is 2.40. The Hall–Kier alpha value is -1.69. The summed E-state index contributed by atoms with van der Waals surface area (Å²) < 4.78 is 9.01. The summed E-state index contributed by atoms with van der Waals surface area (Å²) in [5.74, 6) is 0.869. The second-order valence-electron chi connectivity index (χ2n) is 13.2. The third-order valence-electron chi connectivity index (χ3n) is 8.05. The molecule has 0 bridgehead atoms. The topological polar surface area (TPSA) is 95.8 Å². The number of rotatable bonds is 8. The van der Waals surface area contributed by atoms with E-state index in [1.807, 2.05) is 6.20 Å². The lowest BCUT2D eigenvalue weighted by Gasteiger charge is -2.49. The molecule has 0 radical (unpaired) electrons. The van der Waals surface area contributed by atoms with E-state index in [4.69, 9.17) is 4.74 Å². The van der Waals surface area contributed by atoms with Crippen molar-refractivity contribution in [1.82, 2.24) is 24.3 Å². The van der Waals surface area contributed by atoms with E-state index in [1.54, 1.807) is 11.2 Å². The molecule has 1 aliphatic heterocycles. The van der Waals surface area contributed by atoms with Gasteiger partial charge in [0, 0.05) is 57.1 Å². The van der Waals surface area contributed by atoms with Crippen molar-refractivity contribution < 1.29 is 14.6 Å². The van der Waals surface area contributed by atoms with Gasteiger partial charge in [-0.25, -0.2) is 14.8 Å². The van der Waals surface area contributed by atoms with E-state index in [9.17, 15) is 9.90 Å². The lowest BCUT2D eigenvalue weighted by Crippen LogP contribution is -2.61. The number of carboxylic acid groups (broad SMARTS) is 1. The zero-order valence-electron chi connectivity index (χ0n) is 23.8. The number of nitrogens with zero attached hydrogens (tertiary/aromatic N) is 5. The summed E-state index contributed by atoms with van der Waals surface area (Å²) in [6.07, 6.45) is 7.20. The van der Waals surface area contributed by atoms with Crippen LogP contribution in [0.2, 0.25) is 25.7 Å². The lowest BCUT2D eigenvalue weighted by atomic mass is 9.82. The first-order chi connectivity index (χ1) is 17.8. The maximum absolute atomic E-state index is 11.8. The van der Waals surface area contributed by atoms with Crippen LogP contribution in [0.15, 0.2) is 17.0 Å². The Balaban J connectivity index is 1.35. The lowest BCUT2D eigenvalue weighted by molar-refractivity contribution is -0.000953. The summed E-state index contributed by atoms with van der Waals surface area (Å²) in [7, 11) is -1.12.